The molecule has 1 amide bonds. The summed E-state index contributed by atoms with van der Waals surface area (Å²) in [4.78, 5) is 15.2. The third kappa shape index (κ3) is 4.34. The second kappa shape index (κ2) is 8.78. The summed E-state index contributed by atoms with van der Waals surface area (Å²) in [6.07, 6.45) is 2.13. The molecule has 150 valence electrons. The van der Waals surface area contributed by atoms with E-state index in [9.17, 15) is 4.79 Å². The average molecular weight is 408 g/mol. The monoisotopic (exact) mass is 407 g/mol. The topological polar surface area (TPSA) is 63.9 Å². The summed E-state index contributed by atoms with van der Waals surface area (Å²) in [5.41, 5.74) is 3.13. The van der Waals surface area contributed by atoms with Crippen molar-refractivity contribution in [1.82, 2.24) is 25.1 Å². The molecule has 1 aliphatic heterocycles. The van der Waals surface area contributed by atoms with E-state index in [1.165, 1.54) is 17.3 Å². The van der Waals surface area contributed by atoms with Crippen molar-refractivity contribution < 1.29 is 4.79 Å². The van der Waals surface area contributed by atoms with Gasteiger partial charge in [-0.3, -0.25) is 4.79 Å². The number of aromatic nitrogens is 4. The number of thioether (sulfide) groups is 1. The summed E-state index contributed by atoms with van der Waals surface area (Å²) in [5.74, 6) is 0.593. The molecule has 2 heterocycles. The Hall–Kier alpha value is -2.67. The van der Waals surface area contributed by atoms with Crippen molar-refractivity contribution in [2.75, 3.05) is 13.1 Å². The first-order chi connectivity index (χ1) is 14.1. The van der Waals surface area contributed by atoms with Gasteiger partial charge in [0.1, 0.15) is 5.25 Å². The van der Waals surface area contributed by atoms with E-state index in [0.29, 0.717) is 11.1 Å². The Morgan fingerprint density at radius 1 is 0.966 bits per heavy atom. The lowest BCUT2D eigenvalue weighted by Crippen LogP contribution is -2.31. The van der Waals surface area contributed by atoms with Gasteiger partial charge < -0.3 is 4.90 Å². The van der Waals surface area contributed by atoms with Crippen LogP contribution in [-0.2, 0) is 4.79 Å². The molecule has 7 heteroatoms. The second-order valence-corrected chi connectivity index (χ2v) is 8.63. The van der Waals surface area contributed by atoms with Gasteiger partial charge in [-0.05, 0) is 52.4 Å². The lowest BCUT2D eigenvalue weighted by molar-refractivity contribution is -0.129. The van der Waals surface area contributed by atoms with Crippen molar-refractivity contribution >= 4 is 17.7 Å². The van der Waals surface area contributed by atoms with Gasteiger partial charge in [-0.1, -0.05) is 68.1 Å². The maximum Gasteiger partial charge on any atom is 0.240 e. The van der Waals surface area contributed by atoms with Gasteiger partial charge in [0.25, 0.3) is 0 Å². The van der Waals surface area contributed by atoms with Crippen molar-refractivity contribution in [3.63, 3.8) is 0 Å². The number of hydrogen-bond acceptors (Lipinski definition) is 5. The fraction of sp³-hybridized carbons (Fsp3) is 0.364. The van der Waals surface area contributed by atoms with Crippen LogP contribution in [0.4, 0.5) is 0 Å². The zero-order valence-corrected chi connectivity index (χ0v) is 17.5. The number of likely N-dealkylation sites (tertiary alicyclic amines) is 1. The molecule has 0 saturated carbocycles. The summed E-state index contributed by atoms with van der Waals surface area (Å²) in [5, 5.41) is 12.5. The van der Waals surface area contributed by atoms with Gasteiger partial charge in [-0.15, -0.1) is 5.10 Å². The predicted molar refractivity (Wildman–Crippen MR) is 114 cm³/mol. The number of tetrazole rings is 1. The highest BCUT2D eigenvalue weighted by Gasteiger charge is 2.30. The van der Waals surface area contributed by atoms with Gasteiger partial charge in [0.05, 0.1) is 5.69 Å². The first-order valence-corrected chi connectivity index (χ1v) is 10.9. The Kier molecular flexibility index (Phi) is 5.94. The molecule has 3 aromatic rings. The molecule has 1 atom stereocenters. The van der Waals surface area contributed by atoms with Crippen LogP contribution in [0.25, 0.3) is 5.69 Å². The molecule has 29 heavy (non-hydrogen) atoms. The molecule has 0 spiro atoms. The molecule has 0 radical (unpaired) electrons. The Labute approximate surface area is 175 Å². The van der Waals surface area contributed by atoms with Gasteiger partial charge >= 0.3 is 0 Å². The van der Waals surface area contributed by atoms with E-state index in [1.54, 1.807) is 4.68 Å². The highest BCUT2D eigenvalue weighted by atomic mass is 32.2. The van der Waals surface area contributed by atoms with Crippen molar-refractivity contribution in [2.24, 2.45) is 0 Å². The van der Waals surface area contributed by atoms with E-state index in [2.05, 4.69) is 41.5 Å². The molecule has 4 rings (SSSR count). The van der Waals surface area contributed by atoms with E-state index in [1.807, 2.05) is 47.4 Å². The maximum absolute atomic E-state index is 13.3. The first-order valence-electron chi connectivity index (χ1n) is 10.0. The number of amides is 1. The van der Waals surface area contributed by atoms with Gasteiger partial charge in [-0.25, -0.2) is 0 Å². The highest BCUT2D eigenvalue weighted by Crippen LogP contribution is 2.37. The molecule has 1 saturated heterocycles. The third-order valence-electron chi connectivity index (χ3n) is 5.21. The zero-order valence-electron chi connectivity index (χ0n) is 16.7. The molecular formula is C22H25N5OS. The molecule has 1 aromatic heterocycles. The maximum atomic E-state index is 13.3. The Morgan fingerprint density at radius 2 is 1.66 bits per heavy atom. The van der Waals surface area contributed by atoms with Gasteiger partial charge in [0.15, 0.2) is 0 Å². The van der Waals surface area contributed by atoms with Crippen molar-refractivity contribution in [2.45, 2.75) is 43.0 Å². The smallest absolute Gasteiger partial charge is 0.240 e. The summed E-state index contributed by atoms with van der Waals surface area (Å²) < 4.78 is 1.71. The van der Waals surface area contributed by atoms with Crippen LogP contribution in [0.3, 0.4) is 0 Å². The molecule has 0 aliphatic carbocycles. The van der Waals surface area contributed by atoms with E-state index in [0.717, 1.165) is 37.2 Å². The third-order valence-corrected chi connectivity index (χ3v) is 6.39. The highest BCUT2D eigenvalue weighted by molar-refractivity contribution is 8.00. The van der Waals surface area contributed by atoms with E-state index >= 15 is 0 Å². The lowest BCUT2D eigenvalue weighted by Gasteiger charge is -2.22. The van der Waals surface area contributed by atoms with Crippen LogP contribution in [0, 0.1) is 0 Å². The SMILES string of the molecule is CC(C)c1ccc(-n2nnnc2SC(C(=O)N2CCCC2)c2ccccc2)cc1. The number of carbonyl (C=O) groups is 1. The number of benzene rings is 2. The van der Waals surface area contributed by atoms with E-state index in [-0.39, 0.29) is 11.2 Å². The van der Waals surface area contributed by atoms with Crippen LogP contribution < -0.4 is 0 Å². The predicted octanol–water partition coefficient (Wildman–Crippen LogP) is 4.24. The zero-order chi connectivity index (χ0) is 20.2. The number of rotatable bonds is 6. The van der Waals surface area contributed by atoms with Crippen molar-refractivity contribution in [3.05, 3.63) is 65.7 Å². The minimum Gasteiger partial charge on any atom is -0.341 e. The quantitative estimate of drug-likeness (QED) is 0.572. The van der Waals surface area contributed by atoms with Crippen LogP contribution in [0.2, 0.25) is 0 Å². The van der Waals surface area contributed by atoms with Gasteiger partial charge in [0, 0.05) is 13.1 Å². The Morgan fingerprint density at radius 3 is 2.31 bits per heavy atom. The van der Waals surface area contributed by atoms with Crippen molar-refractivity contribution in [3.8, 4) is 5.69 Å². The van der Waals surface area contributed by atoms with Crippen molar-refractivity contribution in [1.29, 1.82) is 0 Å². The number of nitrogens with zero attached hydrogens (tertiary/aromatic N) is 5. The Bertz CT molecular complexity index is 949. The van der Waals surface area contributed by atoms with Crippen LogP contribution in [0.5, 0.6) is 0 Å². The summed E-state index contributed by atoms with van der Waals surface area (Å²) in [6, 6.07) is 18.1. The molecule has 1 aliphatic rings. The number of hydrogen-bond donors (Lipinski definition) is 0. The molecular weight excluding hydrogens is 382 g/mol. The lowest BCUT2D eigenvalue weighted by atomic mass is 10.0. The molecule has 2 aromatic carbocycles. The molecule has 1 fully saturated rings. The summed E-state index contributed by atoms with van der Waals surface area (Å²) in [7, 11) is 0. The normalized spacial score (nSPS) is 15.1. The minimum atomic E-state index is -0.367. The van der Waals surface area contributed by atoms with Crippen LogP contribution in [-0.4, -0.2) is 44.1 Å². The molecule has 1 unspecified atom stereocenters. The number of carbonyl (C=O) groups excluding carboxylic acids is 1. The Balaban J connectivity index is 1.63. The first kappa shape index (κ1) is 19.6. The van der Waals surface area contributed by atoms with Gasteiger partial charge in [0.2, 0.25) is 11.1 Å². The average Bonchev–Trinajstić information content (AvgIpc) is 3.44. The summed E-state index contributed by atoms with van der Waals surface area (Å²) in [6.45, 7) is 5.98. The van der Waals surface area contributed by atoms with E-state index < -0.39 is 0 Å². The minimum absolute atomic E-state index is 0.128. The molecule has 6 nitrogen and oxygen atoms in total. The van der Waals surface area contributed by atoms with Crippen LogP contribution in [0.1, 0.15) is 49.0 Å². The molecule has 0 N–H and O–H groups in total. The largest absolute Gasteiger partial charge is 0.341 e. The fourth-order valence-corrected chi connectivity index (χ4v) is 4.59. The van der Waals surface area contributed by atoms with Gasteiger partial charge in [-0.2, -0.15) is 4.68 Å². The van der Waals surface area contributed by atoms with Crippen LogP contribution in [0.15, 0.2) is 59.8 Å². The second-order valence-electron chi connectivity index (χ2n) is 7.56. The molecule has 0 bridgehead atoms. The van der Waals surface area contributed by atoms with E-state index in [4.69, 9.17) is 0 Å². The fourth-order valence-electron chi connectivity index (χ4n) is 3.51. The van der Waals surface area contributed by atoms with Crippen LogP contribution >= 0.6 is 11.8 Å². The standard InChI is InChI=1S/C22H25N5OS/c1-16(2)17-10-12-19(13-11-17)27-22(23-24-25-27)29-20(18-8-4-3-5-9-18)21(28)26-14-6-7-15-26/h3-5,8-13,16,20H,6-7,14-15H2,1-2H3. The summed E-state index contributed by atoms with van der Waals surface area (Å²) >= 11 is 1.41.